The lowest BCUT2D eigenvalue weighted by molar-refractivity contribution is -0.147. The fourth-order valence-corrected chi connectivity index (χ4v) is 3.24. The van der Waals surface area contributed by atoms with Gasteiger partial charge in [0.1, 0.15) is 11.8 Å². The highest BCUT2D eigenvalue weighted by Crippen LogP contribution is 2.24. The number of nitrogens with zero attached hydrogens (tertiary/aromatic N) is 1. The van der Waals surface area contributed by atoms with Crippen LogP contribution in [0.1, 0.15) is 18.5 Å². The van der Waals surface area contributed by atoms with Crippen LogP contribution in [0.25, 0.3) is 0 Å². The van der Waals surface area contributed by atoms with Crippen LogP contribution < -0.4 is 20.7 Å². The second-order valence-electron chi connectivity index (χ2n) is 6.87. The molecule has 0 bridgehead atoms. The molecular formula is C21H34N4O5. The van der Waals surface area contributed by atoms with Crippen LogP contribution in [0, 0.1) is 0 Å². The maximum Gasteiger partial charge on any atom is 0.344 e. The largest absolute Gasteiger partial charge is 0.482 e. The van der Waals surface area contributed by atoms with Gasteiger partial charge in [0.25, 0.3) is 0 Å². The number of carbonyl (C=O) groups excluding carboxylic acids is 2. The van der Waals surface area contributed by atoms with Crippen molar-refractivity contribution in [2.75, 3.05) is 72.7 Å². The number of benzene rings is 1. The Hall–Kier alpha value is -2.20. The van der Waals surface area contributed by atoms with E-state index in [9.17, 15) is 9.59 Å². The van der Waals surface area contributed by atoms with Gasteiger partial charge >= 0.3 is 11.9 Å². The van der Waals surface area contributed by atoms with Crippen molar-refractivity contribution in [3.8, 4) is 5.75 Å². The minimum absolute atomic E-state index is 0.147. The van der Waals surface area contributed by atoms with Gasteiger partial charge in [-0.05, 0) is 24.6 Å². The number of esters is 2. The molecule has 0 aliphatic carbocycles. The molecule has 1 aliphatic heterocycles. The lowest BCUT2D eigenvalue weighted by Crippen LogP contribution is -2.45. The van der Waals surface area contributed by atoms with Crippen molar-refractivity contribution in [3.63, 3.8) is 0 Å². The summed E-state index contributed by atoms with van der Waals surface area (Å²) in [5.74, 6) is -0.174. The Balaban J connectivity index is 2.08. The highest BCUT2D eigenvalue weighted by molar-refractivity contribution is 5.77. The number of carbonyl (C=O) groups is 2. The Labute approximate surface area is 178 Å². The van der Waals surface area contributed by atoms with Crippen LogP contribution in [-0.2, 0) is 19.1 Å². The Morgan fingerprint density at radius 3 is 2.07 bits per heavy atom. The van der Waals surface area contributed by atoms with Crippen LogP contribution in [0.2, 0.25) is 0 Å². The van der Waals surface area contributed by atoms with E-state index in [4.69, 9.17) is 14.2 Å². The molecule has 0 spiro atoms. The fourth-order valence-electron chi connectivity index (χ4n) is 3.24. The van der Waals surface area contributed by atoms with E-state index in [-0.39, 0.29) is 12.6 Å². The molecule has 0 saturated carbocycles. The molecule has 9 nitrogen and oxygen atoms in total. The topological polar surface area (TPSA) is 101 Å². The van der Waals surface area contributed by atoms with E-state index in [0.29, 0.717) is 25.4 Å². The van der Waals surface area contributed by atoms with Crippen molar-refractivity contribution in [1.82, 2.24) is 20.9 Å². The SMILES string of the molecule is CCOC(=O)COc1ccc(C(C(=O)OC)N2CCNCCNCCNCC2)cc1. The van der Waals surface area contributed by atoms with Crippen molar-refractivity contribution < 1.29 is 23.8 Å². The smallest absolute Gasteiger partial charge is 0.344 e. The van der Waals surface area contributed by atoms with Gasteiger partial charge in [-0.25, -0.2) is 9.59 Å². The zero-order valence-electron chi connectivity index (χ0n) is 17.9. The summed E-state index contributed by atoms with van der Waals surface area (Å²) in [5, 5.41) is 10.2. The van der Waals surface area contributed by atoms with E-state index in [2.05, 4.69) is 20.9 Å². The van der Waals surface area contributed by atoms with Crippen LogP contribution in [0.3, 0.4) is 0 Å². The van der Waals surface area contributed by atoms with Gasteiger partial charge in [0, 0.05) is 52.4 Å². The third kappa shape index (κ3) is 8.27. The lowest BCUT2D eigenvalue weighted by Gasteiger charge is -2.30. The summed E-state index contributed by atoms with van der Waals surface area (Å²) in [7, 11) is 1.41. The maximum atomic E-state index is 12.7. The maximum absolute atomic E-state index is 12.7. The monoisotopic (exact) mass is 422 g/mol. The molecule has 2 rings (SSSR count). The summed E-state index contributed by atoms with van der Waals surface area (Å²) < 4.78 is 15.4. The number of methoxy groups -OCH3 is 1. The summed E-state index contributed by atoms with van der Waals surface area (Å²) in [4.78, 5) is 26.2. The summed E-state index contributed by atoms with van der Waals surface area (Å²) in [5.41, 5.74) is 0.819. The van der Waals surface area contributed by atoms with Gasteiger partial charge in [-0.1, -0.05) is 12.1 Å². The molecule has 3 N–H and O–H groups in total. The summed E-state index contributed by atoms with van der Waals surface area (Å²) in [6.45, 7) is 8.47. The average Bonchev–Trinajstić information content (AvgIpc) is 2.75. The second kappa shape index (κ2) is 13.9. The predicted molar refractivity (Wildman–Crippen MR) is 114 cm³/mol. The molecule has 1 heterocycles. The number of rotatable bonds is 7. The van der Waals surface area contributed by atoms with Crippen molar-refractivity contribution in [1.29, 1.82) is 0 Å². The van der Waals surface area contributed by atoms with Crippen molar-refractivity contribution in [2.45, 2.75) is 13.0 Å². The van der Waals surface area contributed by atoms with Gasteiger partial charge in [0.2, 0.25) is 0 Å². The molecule has 1 atom stereocenters. The zero-order valence-corrected chi connectivity index (χ0v) is 17.9. The summed E-state index contributed by atoms with van der Waals surface area (Å²) in [6.07, 6.45) is 0. The normalized spacial score (nSPS) is 17.8. The first-order valence-electron chi connectivity index (χ1n) is 10.5. The van der Waals surface area contributed by atoms with Crippen LogP contribution in [0.4, 0.5) is 0 Å². The van der Waals surface area contributed by atoms with Crippen LogP contribution in [-0.4, -0.2) is 89.5 Å². The number of hydrogen-bond acceptors (Lipinski definition) is 9. The predicted octanol–water partition coefficient (Wildman–Crippen LogP) is -0.0730. The molecule has 1 saturated heterocycles. The van der Waals surface area contributed by atoms with Gasteiger partial charge < -0.3 is 30.2 Å². The lowest BCUT2D eigenvalue weighted by atomic mass is 10.0. The molecule has 168 valence electrons. The van der Waals surface area contributed by atoms with Gasteiger partial charge in [0.05, 0.1) is 13.7 Å². The van der Waals surface area contributed by atoms with E-state index in [1.54, 1.807) is 19.1 Å². The number of nitrogens with one attached hydrogen (secondary N) is 3. The molecule has 1 aliphatic rings. The Morgan fingerprint density at radius 1 is 0.967 bits per heavy atom. The van der Waals surface area contributed by atoms with Gasteiger partial charge in [0.15, 0.2) is 6.61 Å². The summed E-state index contributed by atoms with van der Waals surface area (Å²) >= 11 is 0. The van der Waals surface area contributed by atoms with Crippen LogP contribution in [0.5, 0.6) is 5.75 Å². The Morgan fingerprint density at radius 2 is 1.53 bits per heavy atom. The van der Waals surface area contributed by atoms with E-state index < -0.39 is 12.0 Å². The quantitative estimate of drug-likeness (QED) is 0.521. The van der Waals surface area contributed by atoms with E-state index in [1.807, 2.05) is 12.1 Å². The molecule has 0 amide bonds. The molecule has 0 aromatic heterocycles. The van der Waals surface area contributed by atoms with Crippen molar-refractivity contribution in [3.05, 3.63) is 29.8 Å². The van der Waals surface area contributed by atoms with Gasteiger partial charge in [-0.2, -0.15) is 0 Å². The van der Waals surface area contributed by atoms with Crippen LogP contribution in [0.15, 0.2) is 24.3 Å². The molecule has 30 heavy (non-hydrogen) atoms. The molecule has 1 unspecified atom stereocenters. The highest BCUT2D eigenvalue weighted by Gasteiger charge is 2.28. The molecule has 9 heteroatoms. The third-order valence-electron chi connectivity index (χ3n) is 4.76. The third-order valence-corrected chi connectivity index (χ3v) is 4.76. The molecule has 1 aromatic carbocycles. The zero-order chi connectivity index (χ0) is 21.6. The molecule has 1 fully saturated rings. The number of hydrogen-bond donors (Lipinski definition) is 3. The second-order valence-corrected chi connectivity index (χ2v) is 6.87. The molecule has 0 radical (unpaired) electrons. The van der Waals surface area contributed by atoms with Gasteiger partial charge in [-0.3, -0.25) is 4.90 Å². The first-order chi connectivity index (χ1) is 14.7. The van der Waals surface area contributed by atoms with E-state index in [1.165, 1.54) is 7.11 Å². The summed E-state index contributed by atoms with van der Waals surface area (Å²) in [6, 6.07) is 6.66. The van der Waals surface area contributed by atoms with E-state index in [0.717, 1.165) is 44.8 Å². The average molecular weight is 423 g/mol. The first kappa shape index (κ1) is 24.1. The molecule has 1 aromatic rings. The minimum atomic E-state index is -0.515. The minimum Gasteiger partial charge on any atom is -0.482 e. The fraction of sp³-hybridized carbons (Fsp3) is 0.619. The Kier molecular flexibility index (Phi) is 11.2. The van der Waals surface area contributed by atoms with Crippen LogP contribution >= 0.6 is 0 Å². The van der Waals surface area contributed by atoms with Gasteiger partial charge in [-0.15, -0.1) is 0 Å². The van der Waals surface area contributed by atoms with Crippen molar-refractivity contribution in [2.24, 2.45) is 0 Å². The number of ether oxygens (including phenoxy) is 3. The molecular weight excluding hydrogens is 388 g/mol. The van der Waals surface area contributed by atoms with E-state index >= 15 is 0 Å². The standard InChI is InChI=1S/C21H34N4O5/c1-3-29-19(26)16-30-18-6-4-17(5-7-18)20(21(27)28-2)25-14-12-23-10-8-22-9-11-24-13-15-25/h4-7,20,22-24H,3,8-16H2,1-2H3. The Bertz CT molecular complexity index is 629. The highest BCUT2D eigenvalue weighted by atomic mass is 16.6. The first-order valence-corrected chi connectivity index (χ1v) is 10.5. The van der Waals surface area contributed by atoms with Crippen molar-refractivity contribution >= 4 is 11.9 Å².